The summed E-state index contributed by atoms with van der Waals surface area (Å²) in [5.74, 6) is -0.0747. The third-order valence-corrected chi connectivity index (χ3v) is 3.70. The van der Waals surface area contributed by atoms with Crippen molar-refractivity contribution in [1.29, 1.82) is 0 Å². The van der Waals surface area contributed by atoms with E-state index in [0.29, 0.717) is 6.42 Å². The molecule has 0 radical (unpaired) electrons. The molecule has 0 aliphatic heterocycles. The summed E-state index contributed by atoms with van der Waals surface area (Å²) in [4.78, 5) is 10.9. The van der Waals surface area contributed by atoms with Gasteiger partial charge in [-0.1, -0.05) is 69.6 Å². The van der Waals surface area contributed by atoms with E-state index >= 15 is 0 Å². The molecule has 0 bridgehead atoms. The van der Waals surface area contributed by atoms with E-state index in [1.165, 1.54) is 64.9 Å². The Bertz CT molecular complexity index is 269. The minimum Gasteiger partial charge on any atom is -0.469 e. The van der Waals surface area contributed by atoms with E-state index < -0.39 is 0 Å². The van der Waals surface area contributed by atoms with E-state index in [-0.39, 0.29) is 5.97 Å². The average Bonchev–Trinajstić information content (AvgIpc) is 2.50. The van der Waals surface area contributed by atoms with E-state index in [1.807, 2.05) is 6.08 Å². The highest BCUT2D eigenvalue weighted by molar-refractivity contribution is 5.68. The van der Waals surface area contributed by atoms with Crippen molar-refractivity contribution in [2.75, 3.05) is 7.11 Å². The molecular formula is C19H34O2. The van der Waals surface area contributed by atoms with Gasteiger partial charge in [0, 0.05) is 6.42 Å². The summed E-state index contributed by atoms with van der Waals surface area (Å²) < 4.78 is 4.62. The molecule has 0 aliphatic rings. The van der Waals surface area contributed by atoms with Crippen LogP contribution in [0.1, 0.15) is 83.5 Å². The highest BCUT2D eigenvalue weighted by Crippen LogP contribution is 2.12. The van der Waals surface area contributed by atoms with Crippen molar-refractivity contribution in [3.8, 4) is 0 Å². The minimum absolute atomic E-state index is 0.0747. The SMILES string of the molecule is C=CC/C=C/CCCCCCCCCCCCC(=O)OC. The van der Waals surface area contributed by atoms with Gasteiger partial charge in [-0.3, -0.25) is 4.79 Å². The molecule has 0 saturated carbocycles. The van der Waals surface area contributed by atoms with Crippen LogP contribution in [0.5, 0.6) is 0 Å². The average molecular weight is 294 g/mol. The number of carbonyl (C=O) groups excluding carboxylic acids is 1. The van der Waals surface area contributed by atoms with Gasteiger partial charge < -0.3 is 4.74 Å². The van der Waals surface area contributed by atoms with Crippen LogP contribution < -0.4 is 0 Å². The lowest BCUT2D eigenvalue weighted by Gasteiger charge is -2.02. The summed E-state index contributed by atoms with van der Waals surface area (Å²) in [6.45, 7) is 3.70. The van der Waals surface area contributed by atoms with Gasteiger partial charge in [0.05, 0.1) is 7.11 Å². The monoisotopic (exact) mass is 294 g/mol. The van der Waals surface area contributed by atoms with Gasteiger partial charge in [0.15, 0.2) is 0 Å². The number of rotatable bonds is 15. The number of methoxy groups -OCH3 is 1. The largest absolute Gasteiger partial charge is 0.469 e. The highest BCUT2D eigenvalue weighted by Gasteiger charge is 1.99. The van der Waals surface area contributed by atoms with Gasteiger partial charge in [-0.15, -0.1) is 6.58 Å². The van der Waals surface area contributed by atoms with Crippen molar-refractivity contribution in [3.05, 3.63) is 24.8 Å². The zero-order valence-corrected chi connectivity index (χ0v) is 13.9. The summed E-state index contributed by atoms with van der Waals surface area (Å²) in [5, 5.41) is 0. The van der Waals surface area contributed by atoms with E-state index in [9.17, 15) is 4.79 Å². The summed E-state index contributed by atoms with van der Waals surface area (Å²) in [5.41, 5.74) is 0. The Hall–Kier alpha value is -1.05. The molecule has 0 unspecified atom stereocenters. The van der Waals surface area contributed by atoms with Gasteiger partial charge in [-0.05, 0) is 25.7 Å². The number of hydrogen-bond acceptors (Lipinski definition) is 2. The lowest BCUT2D eigenvalue weighted by Crippen LogP contribution is -1.99. The van der Waals surface area contributed by atoms with Crippen LogP contribution in [0.15, 0.2) is 24.8 Å². The number of carbonyl (C=O) groups is 1. The van der Waals surface area contributed by atoms with Crippen LogP contribution in [0.3, 0.4) is 0 Å². The predicted octanol–water partition coefficient (Wildman–Crippen LogP) is 5.97. The number of ether oxygens (including phenoxy) is 1. The second kappa shape index (κ2) is 17.0. The molecule has 2 nitrogen and oxygen atoms in total. The van der Waals surface area contributed by atoms with Crippen molar-refractivity contribution < 1.29 is 9.53 Å². The Morgan fingerprint density at radius 3 is 1.90 bits per heavy atom. The van der Waals surface area contributed by atoms with Crippen molar-refractivity contribution in [1.82, 2.24) is 0 Å². The smallest absolute Gasteiger partial charge is 0.305 e. The quantitative estimate of drug-likeness (QED) is 0.211. The zero-order chi connectivity index (χ0) is 15.6. The Labute approximate surface area is 131 Å². The molecule has 0 saturated heterocycles. The fourth-order valence-electron chi connectivity index (χ4n) is 2.36. The lowest BCUT2D eigenvalue weighted by atomic mass is 10.1. The van der Waals surface area contributed by atoms with Crippen LogP contribution in [-0.4, -0.2) is 13.1 Å². The minimum atomic E-state index is -0.0747. The van der Waals surface area contributed by atoms with Crippen LogP contribution >= 0.6 is 0 Å². The fraction of sp³-hybridized carbons (Fsp3) is 0.737. The zero-order valence-electron chi connectivity index (χ0n) is 13.9. The summed E-state index contributed by atoms with van der Waals surface area (Å²) in [6.07, 6.45) is 22.0. The molecule has 0 heterocycles. The van der Waals surface area contributed by atoms with Crippen LogP contribution in [0.4, 0.5) is 0 Å². The highest BCUT2D eigenvalue weighted by atomic mass is 16.5. The molecule has 0 fully saturated rings. The lowest BCUT2D eigenvalue weighted by molar-refractivity contribution is -0.140. The maximum Gasteiger partial charge on any atom is 0.305 e. The Balaban J connectivity index is 3.05. The van der Waals surface area contributed by atoms with Crippen molar-refractivity contribution in [3.63, 3.8) is 0 Å². The van der Waals surface area contributed by atoms with Gasteiger partial charge >= 0.3 is 5.97 Å². The van der Waals surface area contributed by atoms with Crippen LogP contribution in [-0.2, 0) is 9.53 Å². The first kappa shape index (κ1) is 19.9. The molecule has 0 aromatic rings. The van der Waals surface area contributed by atoms with Gasteiger partial charge in [0.25, 0.3) is 0 Å². The molecule has 122 valence electrons. The molecule has 0 N–H and O–H groups in total. The van der Waals surface area contributed by atoms with E-state index in [4.69, 9.17) is 0 Å². The molecule has 0 spiro atoms. The van der Waals surface area contributed by atoms with E-state index in [1.54, 1.807) is 0 Å². The van der Waals surface area contributed by atoms with Crippen LogP contribution in [0, 0.1) is 0 Å². The van der Waals surface area contributed by atoms with Crippen molar-refractivity contribution >= 4 is 5.97 Å². The first-order chi connectivity index (χ1) is 10.3. The topological polar surface area (TPSA) is 26.3 Å². The van der Waals surface area contributed by atoms with Crippen LogP contribution in [0.25, 0.3) is 0 Å². The van der Waals surface area contributed by atoms with Crippen molar-refractivity contribution in [2.24, 2.45) is 0 Å². The third-order valence-electron chi connectivity index (χ3n) is 3.70. The molecule has 0 amide bonds. The molecule has 0 aromatic heterocycles. The molecule has 0 aliphatic carbocycles. The molecule has 0 rings (SSSR count). The molecule has 0 atom stereocenters. The molecule has 21 heavy (non-hydrogen) atoms. The van der Waals surface area contributed by atoms with Gasteiger partial charge in [0.1, 0.15) is 0 Å². The van der Waals surface area contributed by atoms with Gasteiger partial charge in [0.2, 0.25) is 0 Å². The standard InChI is InChI=1S/C19H34O2/c1-3-4-5-6-7-8-9-10-11-12-13-14-15-16-17-18-19(20)21-2/h3,5-6H,1,4,7-18H2,2H3/b6-5+. The summed E-state index contributed by atoms with van der Waals surface area (Å²) >= 11 is 0. The predicted molar refractivity (Wildman–Crippen MR) is 91.4 cm³/mol. The van der Waals surface area contributed by atoms with Crippen LogP contribution in [0.2, 0.25) is 0 Å². The first-order valence-corrected chi connectivity index (χ1v) is 8.64. The summed E-state index contributed by atoms with van der Waals surface area (Å²) in [7, 11) is 1.46. The number of unbranched alkanes of at least 4 members (excludes halogenated alkanes) is 10. The maximum absolute atomic E-state index is 10.9. The number of esters is 1. The molecule has 0 aromatic carbocycles. The molecular weight excluding hydrogens is 260 g/mol. The third kappa shape index (κ3) is 16.9. The molecule has 2 heteroatoms. The fourth-order valence-corrected chi connectivity index (χ4v) is 2.36. The second-order valence-corrected chi connectivity index (χ2v) is 5.65. The Morgan fingerprint density at radius 2 is 1.38 bits per heavy atom. The Kier molecular flexibility index (Phi) is 16.2. The van der Waals surface area contributed by atoms with Gasteiger partial charge in [-0.2, -0.15) is 0 Å². The summed E-state index contributed by atoms with van der Waals surface area (Å²) in [6, 6.07) is 0. The van der Waals surface area contributed by atoms with Gasteiger partial charge in [-0.25, -0.2) is 0 Å². The Morgan fingerprint density at radius 1 is 0.857 bits per heavy atom. The normalized spacial score (nSPS) is 10.9. The maximum atomic E-state index is 10.9. The number of hydrogen-bond donors (Lipinski definition) is 0. The second-order valence-electron chi connectivity index (χ2n) is 5.65. The van der Waals surface area contributed by atoms with E-state index in [0.717, 1.165) is 19.3 Å². The van der Waals surface area contributed by atoms with E-state index in [2.05, 4.69) is 23.5 Å². The number of allylic oxidation sites excluding steroid dienone is 3. The first-order valence-electron chi connectivity index (χ1n) is 8.64. The van der Waals surface area contributed by atoms with Crippen molar-refractivity contribution in [2.45, 2.75) is 83.5 Å².